The van der Waals surface area contributed by atoms with Crippen LogP contribution in [0.4, 0.5) is 10.2 Å². The van der Waals surface area contributed by atoms with Crippen LogP contribution in [0.1, 0.15) is 18.4 Å². The van der Waals surface area contributed by atoms with E-state index in [0.29, 0.717) is 43.7 Å². The van der Waals surface area contributed by atoms with Crippen LogP contribution in [0.3, 0.4) is 0 Å². The number of carbonyl (C=O) groups excluding carboxylic acids is 2. The van der Waals surface area contributed by atoms with Crippen LogP contribution in [0.5, 0.6) is 5.75 Å². The maximum atomic E-state index is 13.0. The molecular formula is C24H25FN4O3. The zero-order valence-corrected chi connectivity index (χ0v) is 17.6. The van der Waals surface area contributed by atoms with E-state index in [4.69, 9.17) is 15.5 Å². The third kappa shape index (κ3) is 5.14. The molecule has 32 heavy (non-hydrogen) atoms. The monoisotopic (exact) mass is 436 g/mol. The van der Waals surface area contributed by atoms with E-state index in [9.17, 15) is 14.0 Å². The molecule has 1 aliphatic rings. The molecule has 0 spiro atoms. The number of carbonyl (C=O) groups is 2. The average Bonchev–Trinajstić information content (AvgIpc) is 2.82. The van der Waals surface area contributed by atoms with Gasteiger partial charge in [-0.2, -0.15) is 0 Å². The minimum absolute atomic E-state index is 0.0842. The number of anilines is 1. The Hall–Kier alpha value is -3.68. The number of halogens is 1. The van der Waals surface area contributed by atoms with Crippen molar-refractivity contribution in [1.82, 2.24) is 10.3 Å². The van der Waals surface area contributed by atoms with Crippen LogP contribution >= 0.6 is 0 Å². The van der Waals surface area contributed by atoms with Crippen LogP contribution in [-0.4, -0.2) is 36.5 Å². The van der Waals surface area contributed by atoms with Gasteiger partial charge in [-0.3, -0.25) is 9.59 Å². The molecule has 0 atom stereocenters. The first kappa shape index (κ1) is 21.5. The predicted molar refractivity (Wildman–Crippen MR) is 120 cm³/mol. The van der Waals surface area contributed by atoms with Crippen LogP contribution in [0, 0.1) is 11.7 Å². The molecule has 0 unspecified atom stereocenters. The van der Waals surface area contributed by atoms with E-state index in [0.717, 1.165) is 16.8 Å². The number of nitrogens with two attached hydrogens (primary N) is 1. The van der Waals surface area contributed by atoms with Gasteiger partial charge >= 0.3 is 0 Å². The van der Waals surface area contributed by atoms with E-state index in [1.54, 1.807) is 18.2 Å². The Morgan fingerprint density at radius 2 is 1.84 bits per heavy atom. The van der Waals surface area contributed by atoms with Crippen LogP contribution in [0.25, 0.3) is 10.9 Å². The molecule has 0 bridgehead atoms. The minimum Gasteiger partial charge on any atom is -0.481 e. The van der Waals surface area contributed by atoms with E-state index >= 15 is 0 Å². The van der Waals surface area contributed by atoms with Crippen molar-refractivity contribution >= 4 is 28.5 Å². The maximum Gasteiger partial charge on any atom is 0.258 e. The van der Waals surface area contributed by atoms with Crippen molar-refractivity contribution in [3.05, 3.63) is 66.0 Å². The van der Waals surface area contributed by atoms with Gasteiger partial charge in [-0.15, -0.1) is 0 Å². The van der Waals surface area contributed by atoms with E-state index in [2.05, 4.69) is 10.2 Å². The number of nitrogens with zero attached hydrogens (tertiary/aromatic N) is 2. The number of ether oxygens (including phenoxy) is 1. The maximum absolute atomic E-state index is 13.0. The molecule has 3 aromatic rings. The van der Waals surface area contributed by atoms with E-state index < -0.39 is 0 Å². The zero-order chi connectivity index (χ0) is 22.5. The van der Waals surface area contributed by atoms with Gasteiger partial charge in [0, 0.05) is 30.9 Å². The molecule has 4 rings (SSSR count). The van der Waals surface area contributed by atoms with Crippen LogP contribution in [0.15, 0.2) is 54.6 Å². The number of aromatic nitrogens is 1. The molecule has 2 amide bonds. The third-order valence-electron chi connectivity index (χ3n) is 5.65. The molecule has 3 N–H and O–H groups in total. The lowest BCUT2D eigenvalue weighted by atomic mass is 9.96. The largest absolute Gasteiger partial charge is 0.481 e. The molecular weight excluding hydrogens is 411 g/mol. The summed E-state index contributed by atoms with van der Waals surface area (Å²) >= 11 is 0. The summed E-state index contributed by atoms with van der Waals surface area (Å²) in [6.45, 7) is 1.56. The van der Waals surface area contributed by atoms with Crippen molar-refractivity contribution in [2.24, 2.45) is 11.7 Å². The minimum atomic E-state index is -0.316. The highest BCUT2D eigenvalue weighted by molar-refractivity contribution is 5.86. The summed E-state index contributed by atoms with van der Waals surface area (Å²) in [4.78, 5) is 30.5. The molecule has 8 heteroatoms. The Kier molecular flexibility index (Phi) is 6.49. The average molecular weight is 436 g/mol. The van der Waals surface area contributed by atoms with Gasteiger partial charge in [-0.05, 0) is 48.7 Å². The SMILES string of the molecule is NC(=O)C1CCN(c2ccc3cccc(OCC(=O)NCc4ccc(F)cc4)c3n2)CC1. The molecule has 1 aliphatic heterocycles. The number of rotatable bonds is 7. The highest BCUT2D eigenvalue weighted by atomic mass is 19.1. The second-order valence-electron chi connectivity index (χ2n) is 7.85. The normalized spacial score (nSPS) is 14.3. The fraction of sp³-hybridized carbons (Fsp3) is 0.292. The summed E-state index contributed by atoms with van der Waals surface area (Å²) in [5.41, 5.74) is 6.90. The summed E-state index contributed by atoms with van der Waals surface area (Å²) < 4.78 is 18.7. The van der Waals surface area contributed by atoms with Crippen molar-refractivity contribution in [2.75, 3.05) is 24.6 Å². The lowest BCUT2D eigenvalue weighted by molar-refractivity contribution is -0.123. The van der Waals surface area contributed by atoms with Gasteiger partial charge in [0.2, 0.25) is 5.91 Å². The molecule has 1 fully saturated rings. The zero-order valence-electron chi connectivity index (χ0n) is 17.6. The fourth-order valence-corrected chi connectivity index (χ4v) is 3.79. The summed E-state index contributed by atoms with van der Waals surface area (Å²) in [6.07, 6.45) is 1.42. The van der Waals surface area contributed by atoms with E-state index in [1.165, 1.54) is 12.1 Å². The number of pyridine rings is 1. The number of hydrogen-bond acceptors (Lipinski definition) is 5. The molecule has 0 aliphatic carbocycles. The lowest BCUT2D eigenvalue weighted by Crippen LogP contribution is -2.38. The van der Waals surface area contributed by atoms with Crippen molar-refractivity contribution in [3.8, 4) is 5.75 Å². The summed E-state index contributed by atoms with van der Waals surface area (Å²) in [5, 5.41) is 3.67. The number of hydrogen-bond donors (Lipinski definition) is 2. The second kappa shape index (κ2) is 9.64. The Bertz CT molecular complexity index is 1110. The third-order valence-corrected chi connectivity index (χ3v) is 5.65. The number of piperidine rings is 1. The first-order valence-electron chi connectivity index (χ1n) is 10.6. The van der Waals surface area contributed by atoms with Crippen molar-refractivity contribution in [2.45, 2.75) is 19.4 Å². The lowest BCUT2D eigenvalue weighted by Gasteiger charge is -2.31. The number of primary amides is 1. The number of amides is 2. The first-order valence-corrected chi connectivity index (χ1v) is 10.6. The van der Waals surface area contributed by atoms with E-state index in [-0.39, 0.29) is 30.2 Å². The van der Waals surface area contributed by atoms with Gasteiger partial charge in [0.05, 0.1) is 0 Å². The number of fused-ring (bicyclic) bond motifs is 1. The number of benzene rings is 2. The highest BCUT2D eigenvalue weighted by Crippen LogP contribution is 2.28. The van der Waals surface area contributed by atoms with Crippen LogP contribution in [0.2, 0.25) is 0 Å². The van der Waals surface area contributed by atoms with Gasteiger partial charge in [0.15, 0.2) is 6.61 Å². The van der Waals surface area contributed by atoms with Crippen LogP contribution in [-0.2, 0) is 16.1 Å². The van der Waals surface area contributed by atoms with E-state index in [1.807, 2.05) is 24.3 Å². The van der Waals surface area contributed by atoms with Gasteiger partial charge in [-0.25, -0.2) is 9.37 Å². The smallest absolute Gasteiger partial charge is 0.258 e. The van der Waals surface area contributed by atoms with Gasteiger partial charge in [0.1, 0.15) is 22.9 Å². The van der Waals surface area contributed by atoms with Crippen molar-refractivity contribution < 1.29 is 18.7 Å². The first-order chi connectivity index (χ1) is 15.5. The highest BCUT2D eigenvalue weighted by Gasteiger charge is 2.24. The molecule has 2 heterocycles. The van der Waals surface area contributed by atoms with Crippen molar-refractivity contribution in [3.63, 3.8) is 0 Å². The standard InChI is InChI=1S/C24H25FN4O3/c25-19-7-4-16(5-8-19)14-27-22(30)15-32-20-3-1-2-17-6-9-21(28-23(17)20)29-12-10-18(11-13-29)24(26)31/h1-9,18H,10-15H2,(H2,26,31)(H,27,30). The number of para-hydroxylation sites is 1. The molecule has 2 aromatic carbocycles. The molecule has 1 saturated heterocycles. The van der Waals surface area contributed by atoms with Gasteiger partial charge < -0.3 is 20.7 Å². The van der Waals surface area contributed by atoms with Crippen molar-refractivity contribution in [1.29, 1.82) is 0 Å². The quantitative estimate of drug-likeness (QED) is 0.594. The molecule has 166 valence electrons. The topological polar surface area (TPSA) is 97.5 Å². The Labute approximate surface area is 185 Å². The van der Waals surface area contributed by atoms with Gasteiger partial charge in [0.25, 0.3) is 5.91 Å². The molecule has 1 aromatic heterocycles. The molecule has 0 saturated carbocycles. The Morgan fingerprint density at radius 1 is 1.09 bits per heavy atom. The van der Waals surface area contributed by atoms with Crippen LogP contribution < -0.4 is 20.7 Å². The predicted octanol–water partition coefficient (Wildman–Crippen LogP) is 2.77. The summed E-state index contributed by atoms with van der Waals surface area (Å²) in [7, 11) is 0. The summed E-state index contributed by atoms with van der Waals surface area (Å²) in [5.74, 6) is 0.397. The fourth-order valence-electron chi connectivity index (χ4n) is 3.79. The Morgan fingerprint density at radius 3 is 2.56 bits per heavy atom. The molecule has 0 radical (unpaired) electrons. The number of nitrogens with one attached hydrogen (secondary N) is 1. The second-order valence-corrected chi connectivity index (χ2v) is 7.85. The molecule has 7 nitrogen and oxygen atoms in total. The Balaban J connectivity index is 1.40. The van der Waals surface area contributed by atoms with Gasteiger partial charge in [-0.1, -0.05) is 24.3 Å². The summed E-state index contributed by atoms with van der Waals surface area (Å²) in [6, 6.07) is 15.5.